The van der Waals surface area contributed by atoms with Gasteiger partial charge in [0.05, 0.1) is 18.8 Å². The first-order chi connectivity index (χ1) is 8.78. The minimum absolute atomic E-state index is 0.546. The molecule has 0 atom stereocenters. The lowest BCUT2D eigenvalue weighted by molar-refractivity contribution is 0.326. The highest BCUT2D eigenvalue weighted by Crippen LogP contribution is 2.09. The van der Waals surface area contributed by atoms with Crippen LogP contribution < -0.4 is 10.1 Å². The van der Waals surface area contributed by atoms with Crippen LogP contribution in [0.2, 0.25) is 0 Å². The Morgan fingerprint density at radius 3 is 2.89 bits per heavy atom. The van der Waals surface area contributed by atoms with Crippen molar-refractivity contribution in [1.82, 2.24) is 15.0 Å². The topological polar surface area (TPSA) is 59.9 Å². The van der Waals surface area contributed by atoms with Crippen LogP contribution >= 0.6 is 0 Å². The zero-order valence-electron chi connectivity index (χ0n) is 10.6. The molecular formula is C13H16N4O. The summed E-state index contributed by atoms with van der Waals surface area (Å²) in [5.74, 6) is 1.12. The maximum Gasteiger partial charge on any atom is 0.226 e. The van der Waals surface area contributed by atoms with Crippen molar-refractivity contribution in [2.24, 2.45) is 0 Å². The van der Waals surface area contributed by atoms with Gasteiger partial charge in [-0.1, -0.05) is 6.07 Å². The van der Waals surface area contributed by atoms with Gasteiger partial charge < -0.3 is 10.1 Å². The van der Waals surface area contributed by atoms with Gasteiger partial charge in [-0.25, -0.2) is 4.98 Å². The van der Waals surface area contributed by atoms with Crippen molar-refractivity contribution in [3.63, 3.8) is 0 Å². The number of hydrogen-bond donors (Lipinski definition) is 1. The molecule has 0 saturated heterocycles. The maximum atomic E-state index is 5.31. The lowest BCUT2D eigenvalue weighted by Gasteiger charge is -2.06. The van der Waals surface area contributed by atoms with E-state index >= 15 is 0 Å². The van der Waals surface area contributed by atoms with Crippen LogP contribution in [0.5, 0.6) is 5.88 Å². The number of nitrogens with zero attached hydrogens (tertiary/aromatic N) is 3. The van der Waals surface area contributed by atoms with E-state index in [0.29, 0.717) is 25.0 Å². The third-order valence-corrected chi connectivity index (χ3v) is 2.30. The first-order valence-corrected chi connectivity index (χ1v) is 5.90. The van der Waals surface area contributed by atoms with Crippen molar-refractivity contribution >= 4 is 5.95 Å². The quantitative estimate of drug-likeness (QED) is 0.873. The van der Waals surface area contributed by atoms with Gasteiger partial charge in [-0.05, 0) is 26.0 Å². The van der Waals surface area contributed by atoms with Gasteiger partial charge in [0.2, 0.25) is 11.8 Å². The van der Waals surface area contributed by atoms with Crippen LogP contribution in [0.15, 0.2) is 30.5 Å². The minimum Gasteiger partial charge on any atom is -0.478 e. The Morgan fingerprint density at radius 1 is 1.22 bits per heavy atom. The Labute approximate surface area is 106 Å². The van der Waals surface area contributed by atoms with Crippen molar-refractivity contribution in [2.45, 2.75) is 20.4 Å². The first kappa shape index (κ1) is 12.3. The molecule has 0 aliphatic rings. The summed E-state index contributed by atoms with van der Waals surface area (Å²) in [6.45, 7) is 5.08. The van der Waals surface area contributed by atoms with E-state index in [9.17, 15) is 0 Å². The van der Waals surface area contributed by atoms with E-state index in [0.717, 1.165) is 11.4 Å². The molecule has 5 heteroatoms. The summed E-state index contributed by atoms with van der Waals surface area (Å²) < 4.78 is 5.31. The van der Waals surface area contributed by atoms with E-state index < -0.39 is 0 Å². The first-order valence-electron chi connectivity index (χ1n) is 5.90. The molecule has 0 spiro atoms. The lowest BCUT2D eigenvalue weighted by atomic mass is 10.3. The predicted molar refractivity (Wildman–Crippen MR) is 69.5 cm³/mol. The van der Waals surface area contributed by atoms with Crippen molar-refractivity contribution < 1.29 is 4.74 Å². The second-order valence-electron chi connectivity index (χ2n) is 3.78. The van der Waals surface area contributed by atoms with Gasteiger partial charge in [-0.3, -0.25) is 4.98 Å². The van der Waals surface area contributed by atoms with Crippen LogP contribution in [0.4, 0.5) is 5.95 Å². The lowest BCUT2D eigenvalue weighted by Crippen LogP contribution is -2.06. The molecule has 1 N–H and O–H groups in total. The number of aryl methyl sites for hydroxylation is 1. The Bertz CT molecular complexity index is 516. The Kier molecular flexibility index (Phi) is 4.06. The molecule has 0 amide bonds. The number of ether oxygens (including phenoxy) is 1. The summed E-state index contributed by atoms with van der Waals surface area (Å²) in [5.41, 5.74) is 1.96. The van der Waals surface area contributed by atoms with Gasteiger partial charge >= 0.3 is 0 Å². The molecule has 2 aromatic heterocycles. The van der Waals surface area contributed by atoms with Gasteiger partial charge in [0.15, 0.2) is 0 Å². The standard InChI is InChI=1S/C13H16N4O/c1-3-18-12-7-8-14-13(17-12)15-9-11-6-4-5-10(2)16-11/h4-8H,3,9H2,1-2H3,(H,14,15,17). The zero-order valence-corrected chi connectivity index (χ0v) is 10.6. The molecule has 2 heterocycles. The number of rotatable bonds is 5. The summed E-state index contributed by atoms with van der Waals surface area (Å²) in [6, 6.07) is 7.65. The van der Waals surface area contributed by atoms with Crippen molar-refractivity contribution in [2.75, 3.05) is 11.9 Å². The van der Waals surface area contributed by atoms with Gasteiger partial charge in [-0.15, -0.1) is 0 Å². The fourth-order valence-corrected chi connectivity index (χ4v) is 1.52. The molecule has 0 aromatic carbocycles. The molecule has 2 aromatic rings. The molecule has 5 nitrogen and oxygen atoms in total. The largest absolute Gasteiger partial charge is 0.478 e. The van der Waals surface area contributed by atoms with Gasteiger partial charge in [0, 0.05) is 18.0 Å². The average molecular weight is 244 g/mol. The highest BCUT2D eigenvalue weighted by Gasteiger charge is 2.00. The van der Waals surface area contributed by atoms with Crippen LogP contribution in [-0.4, -0.2) is 21.6 Å². The van der Waals surface area contributed by atoms with E-state index in [1.54, 1.807) is 12.3 Å². The van der Waals surface area contributed by atoms with Crippen LogP contribution in [0.1, 0.15) is 18.3 Å². The van der Waals surface area contributed by atoms with Gasteiger partial charge in [0.1, 0.15) is 0 Å². The Hall–Kier alpha value is -2.17. The van der Waals surface area contributed by atoms with Crippen LogP contribution in [0.25, 0.3) is 0 Å². The minimum atomic E-state index is 0.546. The molecule has 94 valence electrons. The molecule has 0 bridgehead atoms. The third-order valence-electron chi connectivity index (χ3n) is 2.30. The smallest absolute Gasteiger partial charge is 0.226 e. The maximum absolute atomic E-state index is 5.31. The molecule has 0 aliphatic heterocycles. The number of anilines is 1. The molecule has 0 fully saturated rings. The summed E-state index contributed by atoms with van der Waals surface area (Å²) in [5, 5.41) is 3.12. The van der Waals surface area contributed by atoms with Crippen LogP contribution in [-0.2, 0) is 6.54 Å². The number of nitrogens with one attached hydrogen (secondary N) is 1. The van der Waals surface area contributed by atoms with Crippen LogP contribution in [0.3, 0.4) is 0 Å². The SMILES string of the molecule is CCOc1ccnc(NCc2cccc(C)n2)n1. The second-order valence-corrected chi connectivity index (χ2v) is 3.78. The van der Waals surface area contributed by atoms with E-state index in [4.69, 9.17) is 4.74 Å². The van der Waals surface area contributed by atoms with Crippen molar-refractivity contribution in [3.05, 3.63) is 41.9 Å². The summed E-state index contributed by atoms with van der Waals surface area (Å²) in [4.78, 5) is 12.8. The van der Waals surface area contributed by atoms with E-state index in [1.807, 2.05) is 32.0 Å². The molecule has 0 unspecified atom stereocenters. The number of pyridine rings is 1. The summed E-state index contributed by atoms with van der Waals surface area (Å²) >= 11 is 0. The van der Waals surface area contributed by atoms with E-state index in [-0.39, 0.29) is 0 Å². The molecule has 0 aliphatic carbocycles. The van der Waals surface area contributed by atoms with Crippen molar-refractivity contribution in [1.29, 1.82) is 0 Å². The highest BCUT2D eigenvalue weighted by atomic mass is 16.5. The molecule has 2 rings (SSSR count). The molecular weight excluding hydrogens is 228 g/mol. The summed E-state index contributed by atoms with van der Waals surface area (Å²) in [7, 11) is 0. The molecule has 18 heavy (non-hydrogen) atoms. The number of aromatic nitrogens is 3. The van der Waals surface area contributed by atoms with Gasteiger partial charge in [-0.2, -0.15) is 4.98 Å². The number of hydrogen-bond acceptors (Lipinski definition) is 5. The fraction of sp³-hybridized carbons (Fsp3) is 0.308. The predicted octanol–water partition coefficient (Wildman–Crippen LogP) is 2.19. The van der Waals surface area contributed by atoms with E-state index in [1.165, 1.54) is 0 Å². The monoisotopic (exact) mass is 244 g/mol. The van der Waals surface area contributed by atoms with E-state index in [2.05, 4.69) is 20.3 Å². The molecule has 0 saturated carbocycles. The molecule has 0 radical (unpaired) electrons. The Balaban J connectivity index is 1.99. The second kappa shape index (κ2) is 5.95. The summed E-state index contributed by atoms with van der Waals surface area (Å²) in [6.07, 6.45) is 1.67. The van der Waals surface area contributed by atoms with Gasteiger partial charge in [0.25, 0.3) is 0 Å². The fourth-order valence-electron chi connectivity index (χ4n) is 1.52. The zero-order chi connectivity index (χ0) is 12.8. The third kappa shape index (κ3) is 3.41. The normalized spacial score (nSPS) is 10.1. The Morgan fingerprint density at radius 2 is 2.11 bits per heavy atom. The van der Waals surface area contributed by atoms with Crippen molar-refractivity contribution in [3.8, 4) is 5.88 Å². The highest BCUT2D eigenvalue weighted by molar-refractivity contribution is 5.28. The van der Waals surface area contributed by atoms with Crippen LogP contribution in [0, 0.1) is 6.92 Å². The average Bonchev–Trinajstić information content (AvgIpc) is 2.37.